The molecule has 8 heteroatoms. The summed E-state index contributed by atoms with van der Waals surface area (Å²) in [5, 5.41) is 0. The zero-order chi connectivity index (χ0) is 22.9. The molecular weight excluding hydrogens is 422 g/mol. The highest BCUT2D eigenvalue weighted by atomic mass is 16.6. The lowest BCUT2D eigenvalue weighted by atomic mass is 10.0. The lowest BCUT2D eigenvalue weighted by Crippen LogP contribution is -2.53. The SMILES string of the molecule is CC(c1ccccc1)N1C(=O)C(=O)N([C@H]2CCCN(C[C@H]3COc4ccccc4O3)C2)C1=O. The number of ether oxygens (including phenoxy) is 2. The van der Waals surface area contributed by atoms with E-state index >= 15 is 0 Å². The van der Waals surface area contributed by atoms with Gasteiger partial charge in [-0.15, -0.1) is 0 Å². The van der Waals surface area contributed by atoms with Crippen LogP contribution in [0.3, 0.4) is 0 Å². The van der Waals surface area contributed by atoms with Gasteiger partial charge in [0.25, 0.3) is 0 Å². The van der Waals surface area contributed by atoms with Crippen molar-refractivity contribution in [2.75, 3.05) is 26.2 Å². The van der Waals surface area contributed by atoms with E-state index in [0.717, 1.165) is 34.9 Å². The molecule has 0 aromatic heterocycles. The van der Waals surface area contributed by atoms with Crippen molar-refractivity contribution in [3.05, 3.63) is 60.2 Å². The second-order valence-electron chi connectivity index (χ2n) is 8.77. The van der Waals surface area contributed by atoms with Crippen molar-refractivity contribution in [1.82, 2.24) is 14.7 Å². The molecule has 3 aliphatic rings. The van der Waals surface area contributed by atoms with Gasteiger partial charge in [0.2, 0.25) is 0 Å². The Balaban J connectivity index is 1.26. The summed E-state index contributed by atoms with van der Waals surface area (Å²) in [5.41, 5.74) is 0.814. The summed E-state index contributed by atoms with van der Waals surface area (Å²) in [6, 6.07) is 15.5. The van der Waals surface area contributed by atoms with Crippen molar-refractivity contribution in [1.29, 1.82) is 0 Å². The number of fused-ring (bicyclic) bond motifs is 1. The van der Waals surface area contributed by atoms with Crippen molar-refractivity contribution in [3.63, 3.8) is 0 Å². The topological polar surface area (TPSA) is 79.4 Å². The number of likely N-dealkylation sites (tertiary alicyclic amines) is 1. The van der Waals surface area contributed by atoms with E-state index in [1.54, 1.807) is 6.92 Å². The Morgan fingerprint density at radius 3 is 2.48 bits per heavy atom. The van der Waals surface area contributed by atoms with Crippen LogP contribution in [0.25, 0.3) is 0 Å². The molecule has 2 saturated heterocycles. The molecule has 0 bridgehead atoms. The summed E-state index contributed by atoms with van der Waals surface area (Å²) >= 11 is 0. The van der Waals surface area contributed by atoms with Gasteiger partial charge in [-0.05, 0) is 44.0 Å². The quantitative estimate of drug-likeness (QED) is 0.516. The first kappa shape index (κ1) is 21.5. The molecule has 33 heavy (non-hydrogen) atoms. The molecule has 172 valence electrons. The minimum Gasteiger partial charge on any atom is -0.486 e. The molecular formula is C25H27N3O5. The third-order valence-electron chi connectivity index (χ3n) is 6.58. The van der Waals surface area contributed by atoms with Gasteiger partial charge in [-0.1, -0.05) is 42.5 Å². The minimum absolute atomic E-state index is 0.139. The van der Waals surface area contributed by atoms with Gasteiger partial charge in [0.05, 0.1) is 12.1 Å². The number of urea groups is 1. The van der Waals surface area contributed by atoms with Crippen molar-refractivity contribution in [2.45, 2.75) is 38.0 Å². The Morgan fingerprint density at radius 2 is 1.70 bits per heavy atom. The summed E-state index contributed by atoms with van der Waals surface area (Å²) in [5.74, 6) is -0.0251. The molecule has 0 N–H and O–H groups in total. The normalized spacial score (nSPS) is 24.3. The third-order valence-corrected chi connectivity index (χ3v) is 6.58. The van der Waals surface area contributed by atoms with Crippen molar-refractivity contribution >= 4 is 17.8 Å². The molecule has 3 atom stereocenters. The maximum atomic E-state index is 13.2. The van der Waals surface area contributed by atoms with Crippen molar-refractivity contribution < 1.29 is 23.9 Å². The van der Waals surface area contributed by atoms with Crippen LogP contribution in [-0.2, 0) is 9.59 Å². The highest BCUT2D eigenvalue weighted by Gasteiger charge is 2.50. The Morgan fingerprint density at radius 1 is 0.970 bits per heavy atom. The van der Waals surface area contributed by atoms with Crippen molar-refractivity contribution in [3.8, 4) is 11.5 Å². The number of carbonyl (C=O) groups is 3. The van der Waals surface area contributed by atoms with E-state index in [2.05, 4.69) is 4.90 Å². The van der Waals surface area contributed by atoms with Gasteiger partial charge in [0.15, 0.2) is 11.5 Å². The Labute approximate surface area is 192 Å². The number of hydrogen-bond donors (Lipinski definition) is 0. The van der Waals surface area contributed by atoms with E-state index in [1.165, 1.54) is 4.90 Å². The Bertz CT molecular complexity index is 1060. The van der Waals surface area contributed by atoms with E-state index in [1.807, 2.05) is 54.6 Å². The van der Waals surface area contributed by atoms with E-state index in [9.17, 15) is 14.4 Å². The van der Waals surface area contributed by atoms with Crippen LogP contribution in [0, 0.1) is 0 Å². The van der Waals surface area contributed by atoms with Gasteiger partial charge in [-0.3, -0.25) is 19.4 Å². The van der Waals surface area contributed by atoms with Crippen LogP contribution in [0.15, 0.2) is 54.6 Å². The van der Waals surface area contributed by atoms with Crippen molar-refractivity contribution in [2.24, 2.45) is 0 Å². The number of rotatable bonds is 5. The van der Waals surface area contributed by atoms with Gasteiger partial charge in [0.1, 0.15) is 12.7 Å². The number of amides is 4. The predicted octanol–water partition coefficient (Wildman–Crippen LogP) is 2.84. The molecule has 8 nitrogen and oxygen atoms in total. The van der Waals surface area contributed by atoms with Gasteiger partial charge < -0.3 is 9.47 Å². The van der Waals surface area contributed by atoms with E-state index in [0.29, 0.717) is 26.1 Å². The van der Waals surface area contributed by atoms with Gasteiger partial charge >= 0.3 is 17.8 Å². The molecule has 0 spiro atoms. The monoisotopic (exact) mass is 449 g/mol. The van der Waals surface area contributed by atoms with Gasteiger partial charge in [0, 0.05) is 13.1 Å². The average Bonchev–Trinajstić information content (AvgIpc) is 3.07. The minimum atomic E-state index is -0.755. The lowest BCUT2D eigenvalue weighted by molar-refractivity contribution is -0.145. The molecule has 5 rings (SSSR count). The fraction of sp³-hybridized carbons (Fsp3) is 0.400. The number of piperidine rings is 1. The highest BCUT2D eigenvalue weighted by molar-refractivity contribution is 6.44. The van der Waals surface area contributed by atoms with Crippen LogP contribution < -0.4 is 9.47 Å². The van der Waals surface area contributed by atoms with Crippen LogP contribution >= 0.6 is 0 Å². The molecule has 0 radical (unpaired) electrons. The first-order valence-corrected chi connectivity index (χ1v) is 11.4. The maximum Gasteiger partial charge on any atom is 0.335 e. The second-order valence-corrected chi connectivity index (χ2v) is 8.77. The van der Waals surface area contributed by atoms with Gasteiger partial charge in [-0.25, -0.2) is 9.69 Å². The van der Waals surface area contributed by atoms with Crippen LogP contribution in [0.1, 0.15) is 31.4 Å². The Hall–Kier alpha value is -3.39. The molecule has 2 aromatic carbocycles. The summed E-state index contributed by atoms with van der Waals surface area (Å²) in [4.78, 5) is 43.3. The number of carbonyl (C=O) groups excluding carboxylic acids is 3. The van der Waals surface area contributed by atoms with Crippen LogP contribution in [0.4, 0.5) is 4.79 Å². The second kappa shape index (κ2) is 8.86. The summed E-state index contributed by atoms with van der Waals surface area (Å²) in [7, 11) is 0. The van der Waals surface area contributed by atoms with Crippen LogP contribution in [0.5, 0.6) is 11.5 Å². The summed E-state index contributed by atoms with van der Waals surface area (Å²) in [6.07, 6.45) is 1.37. The molecule has 4 amide bonds. The van der Waals surface area contributed by atoms with Crippen LogP contribution in [0.2, 0.25) is 0 Å². The van der Waals surface area contributed by atoms with E-state index < -0.39 is 23.9 Å². The molecule has 2 fully saturated rings. The molecule has 0 aliphatic carbocycles. The first-order chi connectivity index (χ1) is 16.0. The summed E-state index contributed by atoms with van der Waals surface area (Å²) < 4.78 is 11.9. The van der Waals surface area contributed by atoms with Gasteiger partial charge in [-0.2, -0.15) is 0 Å². The predicted molar refractivity (Wildman–Crippen MR) is 120 cm³/mol. The molecule has 3 aliphatic heterocycles. The number of benzene rings is 2. The van der Waals surface area contributed by atoms with Crippen LogP contribution in [-0.4, -0.2) is 70.9 Å². The zero-order valence-corrected chi connectivity index (χ0v) is 18.6. The molecule has 3 heterocycles. The number of hydrogen-bond acceptors (Lipinski definition) is 6. The average molecular weight is 450 g/mol. The maximum absolute atomic E-state index is 13.2. The van der Waals surface area contributed by atoms with E-state index in [-0.39, 0.29) is 12.1 Å². The summed E-state index contributed by atoms with van der Waals surface area (Å²) in [6.45, 7) is 4.19. The lowest BCUT2D eigenvalue weighted by Gasteiger charge is -2.38. The third kappa shape index (κ3) is 4.06. The standard InChI is InChI=1S/C25H27N3O5/c1-17(18-8-3-2-4-9-18)27-23(29)24(30)28(25(27)31)19-10-7-13-26(14-19)15-20-16-32-21-11-5-6-12-22(21)33-20/h2-6,8-9,11-12,17,19-20H,7,10,13-16H2,1H3/t17?,19-,20-/m0/s1. The fourth-order valence-corrected chi connectivity index (χ4v) is 4.89. The number of para-hydroxylation sites is 2. The Kier molecular flexibility index (Phi) is 5.76. The number of nitrogens with zero attached hydrogens (tertiary/aromatic N) is 3. The fourth-order valence-electron chi connectivity index (χ4n) is 4.89. The highest BCUT2D eigenvalue weighted by Crippen LogP contribution is 2.32. The molecule has 2 aromatic rings. The largest absolute Gasteiger partial charge is 0.486 e. The molecule has 1 unspecified atom stereocenters. The zero-order valence-electron chi connectivity index (χ0n) is 18.6. The number of imide groups is 2. The molecule has 0 saturated carbocycles. The smallest absolute Gasteiger partial charge is 0.335 e. The van der Waals surface area contributed by atoms with E-state index in [4.69, 9.17) is 9.47 Å². The first-order valence-electron chi connectivity index (χ1n) is 11.4.